The number of nitrogens with zero attached hydrogens (tertiary/aromatic N) is 4. The molecule has 2 aromatic heterocycles. The number of carbonyl (C=O) groups excluding carboxylic acids is 1. The summed E-state index contributed by atoms with van der Waals surface area (Å²) >= 11 is 0. The van der Waals surface area contributed by atoms with Crippen LogP contribution < -0.4 is 16.2 Å². The highest BCUT2D eigenvalue weighted by Gasteiger charge is 2.29. The van der Waals surface area contributed by atoms with Gasteiger partial charge in [-0.2, -0.15) is 4.68 Å². The maximum Gasteiger partial charge on any atom is 0.351 e. The lowest BCUT2D eigenvalue weighted by atomic mass is 10.1. The Labute approximate surface area is 180 Å². The Bertz CT molecular complexity index is 1390. The Morgan fingerprint density at radius 2 is 2.03 bits per heavy atom. The number of ether oxygens (including phenoxy) is 1. The highest BCUT2D eigenvalue weighted by atomic mass is 19.1. The van der Waals surface area contributed by atoms with Crippen molar-refractivity contribution in [1.29, 1.82) is 0 Å². The summed E-state index contributed by atoms with van der Waals surface area (Å²) in [6, 6.07) is 13.7. The van der Waals surface area contributed by atoms with E-state index < -0.39 is 11.7 Å². The van der Waals surface area contributed by atoms with Crippen molar-refractivity contribution in [1.82, 2.24) is 19.5 Å². The summed E-state index contributed by atoms with van der Waals surface area (Å²) in [5, 5.41) is 8.01. The van der Waals surface area contributed by atoms with E-state index in [2.05, 4.69) is 10.3 Å². The number of fused-ring (bicyclic) bond motifs is 1. The number of hydrogen-bond acceptors (Lipinski definition) is 6. The molecule has 3 heterocycles. The fraction of sp³-hybridized carbons (Fsp3) is 0.182. The number of rotatable bonds is 5. The van der Waals surface area contributed by atoms with Crippen LogP contribution in [0.1, 0.15) is 40.0 Å². The number of hydrogen-bond donors (Lipinski definition) is 1. The van der Waals surface area contributed by atoms with Crippen LogP contribution in [0.4, 0.5) is 4.39 Å². The van der Waals surface area contributed by atoms with Crippen molar-refractivity contribution in [3.8, 4) is 17.3 Å². The van der Waals surface area contributed by atoms with E-state index in [1.54, 1.807) is 4.57 Å². The van der Waals surface area contributed by atoms with Crippen molar-refractivity contribution in [3.63, 3.8) is 0 Å². The Morgan fingerprint density at radius 3 is 2.72 bits per heavy atom. The van der Waals surface area contributed by atoms with Gasteiger partial charge in [0, 0.05) is 12.5 Å². The van der Waals surface area contributed by atoms with Crippen LogP contribution >= 0.6 is 0 Å². The van der Waals surface area contributed by atoms with Gasteiger partial charge in [-0.25, -0.2) is 9.18 Å². The lowest BCUT2D eigenvalue weighted by Crippen LogP contribution is -2.26. The van der Waals surface area contributed by atoms with Crippen molar-refractivity contribution in [2.24, 2.45) is 5.73 Å². The lowest BCUT2D eigenvalue weighted by molar-refractivity contribution is 0.0964. The molecule has 0 aliphatic carbocycles. The van der Waals surface area contributed by atoms with E-state index >= 15 is 0 Å². The van der Waals surface area contributed by atoms with Crippen LogP contribution in [0, 0.1) is 12.7 Å². The predicted molar refractivity (Wildman–Crippen MR) is 111 cm³/mol. The van der Waals surface area contributed by atoms with Crippen molar-refractivity contribution >= 4 is 5.91 Å². The van der Waals surface area contributed by atoms with Gasteiger partial charge in [-0.3, -0.25) is 9.36 Å². The monoisotopic (exact) mass is 435 g/mol. The second-order valence-corrected chi connectivity index (χ2v) is 7.47. The second-order valence-electron chi connectivity index (χ2n) is 7.47. The topological polar surface area (TPSA) is 118 Å². The maximum atomic E-state index is 14.8. The van der Waals surface area contributed by atoms with Gasteiger partial charge in [-0.1, -0.05) is 30.3 Å². The maximum absolute atomic E-state index is 14.8. The number of aryl methyl sites for hydroxylation is 1. The molecule has 9 nitrogen and oxygen atoms in total. The van der Waals surface area contributed by atoms with Gasteiger partial charge in [-0.05, 0) is 36.2 Å². The minimum atomic E-state index is -0.804. The molecule has 1 amide bonds. The molecule has 0 fully saturated rings. The Kier molecular flexibility index (Phi) is 4.62. The molecule has 1 atom stereocenters. The molecule has 32 heavy (non-hydrogen) atoms. The Balaban J connectivity index is 1.46. The average molecular weight is 435 g/mol. The van der Waals surface area contributed by atoms with Crippen molar-refractivity contribution < 1.29 is 18.4 Å². The zero-order chi connectivity index (χ0) is 22.4. The quantitative estimate of drug-likeness (QED) is 0.515. The SMILES string of the molecule is Cc1c(Oc2ccc(-n3nc4n(c3=O)[C@H](c3ccccc3)CC4)cc2F)noc1C(N)=O. The average Bonchev–Trinajstić information content (AvgIpc) is 3.45. The molecule has 5 rings (SSSR count). The third kappa shape index (κ3) is 3.16. The highest BCUT2D eigenvalue weighted by Crippen LogP contribution is 2.31. The molecule has 10 heteroatoms. The minimum absolute atomic E-state index is 0.0747. The summed E-state index contributed by atoms with van der Waals surface area (Å²) in [6.45, 7) is 1.52. The number of benzene rings is 2. The van der Waals surface area contributed by atoms with E-state index in [9.17, 15) is 14.0 Å². The summed E-state index contributed by atoms with van der Waals surface area (Å²) in [5.41, 5.74) is 6.40. The van der Waals surface area contributed by atoms with E-state index in [0.29, 0.717) is 12.2 Å². The van der Waals surface area contributed by atoms with Crippen LogP contribution in [-0.4, -0.2) is 25.4 Å². The summed E-state index contributed by atoms with van der Waals surface area (Å²) in [4.78, 5) is 24.4. The molecule has 2 N–H and O–H groups in total. The van der Waals surface area contributed by atoms with Crippen molar-refractivity contribution in [2.45, 2.75) is 25.8 Å². The smallest absolute Gasteiger partial charge is 0.351 e. The molecule has 0 unspecified atom stereocenters. The first kappa shape index (κ1) is 19.7. The molecule has 2 aromatic carbocycles. The van der Waals surface area contributed by atoms with Gasteiger partial charge in [0.1, 0.15) is 5.82 Å². The molecular weight excluding hydrogens is 417 g/mol. The van der Waals surface area contributed by atoms with E-state index in [0.717, 1.165) is 18.1 Å². The number of nitrogens with two attached hydrogens (primary N) is 1. The van der Waals surface area contributed by atoms with Crippen LogP contribution in [0.15, 0.2) is 57.8 Å². The van der Waals surface area contributed by atoms with E-state index in [1.165, 1.54) is 23.7 Å². The summed E-state index contributed by atoms with van der Waals surface area (Å²) in [6.07, 6.45) is 1.44. The molecule has 1 aliphatic rings. The highest BCUT2D eigenvalue weighted by molar-refractivity contribution is 5.91. The molecule has 0 saturated heterocycles. The molecule has 0 bridgehead atoms. The van der Waals surface area contributed by atoms with Crippen LogP contribution in [-0.2, 0) is 6.42 Å². The third-order valence-corrected chi connectivity index (χ3v) is 5.49. The second kappa shape index (κ2) is 7.49. The van der Waals surface area contributed by atoms with Crippen LogP contribution in [0.3, 0.4) is 0 Å². The van der Waals surface area contributed by atoms with Gasteiger partial charge in [0.25, 0.3) is 11.8 Å². The van der Waals surface area contributed by atoms with Crippen LogP contribution in [0.5, 0.6) is 11.6 Å². The Morgan fingerprint density at radius 1 is 1.25 bits per heavy atom. The first-order valence-corrected chi connectivity index (χ1v) is 9.93. The zero-order valence-corrected chi connectivity index (χ0v) is 17.0. The summed E-state index contributed by atoms with van der Waals surface area (Å²) in [7, 11) is 0. The first-order chi connectivity index (χ1) is 15.4. The largest absolute Gasteiger partial charge is 0.433 e. The molecule has 162 valence electrons. The number of halogens is 1. The fourth-order valence-corrected chi connectivity index (χ4v) is 3.91. The number of carbonyl (C=O) groups is 1. The van der Waals surface area contributed by atoms with E-state index in [4.69, 9.17) is 15.0 Å². The van der Waals surface area contributed by atoms with Gasteiger partial charge < -0.3 is 15.0 Å². The van der Waals surface area contributed by atoms with Crippen LogP contribution in [0.2, 0.25) is 0 Å². The minimum Gasteiger partial charge on any atom is -0.433 e. The van der Waals surface area contributed by atoms with Gasteiger partial charge in [0.15, 0.2) is 11.6 Å². The van der Waals surface area contributed by atoms with Crippen molar-refractivity contribution in [2.75, 3.05) is 0 Å². The Hall–Kier alpha value is -4.21. The first-order valence-electron chi connectivity index (χ1n) is 9.93. The standard InChI is InChI=1S/C22H18FN5O4/c1-12-19(20(24)29)32-26-21(12)31-17-9-7-14(11-15(17)23)28-22(30)27-16(8-10-18(27)25-28)13-5-3-2-4-6-13/h2-7,9,11,16H,8,10H2,1H3,(H2,24,29)/t16-/m0/s1. The molecule has 4 aromatic rings. The molecule has 1 aliphatic heterocycles. The molecule has 0 radical (unpaired) electrons. The summed E-state index contributed by atoms with van der Waals surface area (Å²) < 4.78 is 27.9. The van der Waals surface area contributed by atoms with Crippen molar-refractivity contribution in [3.05, 3.63) is 87.5 Å². The van der Waals surface area contributed by atoms with Crippen LogP contribution in [0.25, 0.3) is 5.69 Å². The third-order valence-electron chi connectivity index (χ3n) is 5.49. The normalized spacial score (nSPS) is 15.0. The number of amides is 1. The molecule has 0 saturated carbocycles. The van der Waals surface area contributed by atoms with E-state index in [1.807, 2.05) is 30.3 Å². The molecule has 0 spiro atoms. The molecular formula is C22H18FN5O4. The number of aromatic nitrogens is 4. The number of primary amides is 1. The van der Waals surface area contributed by atoms with E-state index in [-0.39, 0.29) is 40.4 Å². The van der Waals surface area contributed by atoms with Gasteiger partial charge in [0.2, 0.25) is 5.76 Å². The lowest BCUT2D eigenvalue weighted by Gasteiger charge is -2.12. The fourth-order valence-electron chi connectivity index (χ4n) is 3.91. The predicted octanol–water partition coefficient (Wildman–Crippen LogP) is 2.90. The zero-order valence-electron chi connectivity index (χ0n) is 17.0. The summed E-state index contributed by atoms with van der Waals surface area (Å²) in [5.74, 6) is -1.27. The van der Waals surface area contributed by atoms with Gasteiger partial charge in [-0.15, -0.1) is 5.10 Å². The van der Waals surface area contributed by atoms with Gasteiger partial charge in [0.05, 0.1) is 17.3 Å². The van der Waals surface area contributed by atoms with Gasteiger partial charge >= 0.3 is 5.69 Å².